The molecule has 0 atom stereocenters. The molecule has 0 bridgehead atoms. The molecular formula is C14H11N5O4S2. The van der Waals surface area contributed by atoms with Gasteiger partial charge in [0.05, 0.1) is 4.92 Å². The Kier molecular flexibility index (Phi) is 5.05. The summed E-state index contributed by atoms with van der Waals surface area (Å²) in [5.41, 5.74) is 1.02. The number of anilines is 1. The molecule has 2 heterocycles. The lowest BCUT2D eigenvalue weighted by Gasteiger charge is -1.98. The fourth-order valence-electron chi connectivity index (χ4n) is 1.86. The number of benzene rings is 1. The zero-order chi connectivity index (χ0) is 17.8. The van der Waals surface area contributed by atoms with Crippen molar-refractivity contribution in [3.05, 3.63) is 57.5 Å². The number of nitrogens with one attached hydrogen (secondary N) is 1. The van der Waals surface area contributed by atoms with Crippen molar-refractivity contribution in [3.8, 4) is 0 Å². The molecule has 1 amide bonds. The van der Waals surface area contributed by atoms with Gasteiger partial charge in [-0.15, -0.1) is 10.2 Å². The SMILES string of the molecule is Cc1cc(C(=O)Nc2nnc(SCc3cccc([N+](=O)[O-])c3)s2)no1. The Bertz CT molecular complexity index is 923. The van der Waals surface area contributed by atoms with Crippen molar-refractivity contribution in [2.45, 2.75) is 17.0 Å². The number of hydrogen-bond acceptors (Lipinski definition) is 9. The molecule has 0 aliphatic rings. The van der Waals surface area contributed by atoms with Gasteiger partial charge in [-0.2, -0.15) is 0 Å². The number of hydrogen-bond donors (Lipinski definition) is 1. The van der Waals surface area contributed by atoms with Crippen LogP contribution in [-0.4, -0.2) is 26.2 Å². The van der Waals surface area contributed by atoms with E-state index in [0.29, 0.717) is 21.0 Å². The molecule has 3 rings (SSSR count). The van der Waals surface area contributed by atoms with Gasteiger partial charge >= 0.3 is 0 Å². The van der Waals surface area contributed by atoms with Gasteiger partial charge in [-0.05, 0) is 12.5 Å². The van der Waals surface area contributed by atoms with E-state index < -0.39 is 10.8 Å². The average Bonchev–Trinajstić information content (AvgIpc) is 3.22. The first-order valence-corrected chi connectivity index (χ1v) is 8.76. The van der Waals surface area contributed by atoms with E-state index >= 15 is 0 Å². The number of carbonyl (C=O) groups is 1. The number of carbonyl (C=O) groups excluding carboxylic acids is 1. The number of aryl methyl sites for hydroxylation is 1. The number of nitro benzene ring substituents is 1. The van der Waals surface area contributed by atoms with Crippen LogP contribution in [0.4, 0.5) is 10.8 Å². The van der Waals surface area contributed by atoms with Crippen molar-refractivity contribution < 1.29 is 14.2 Å². The molecular weight excluding hydrogens is 366 g/mol. The van der Waals surface area contributed by atoms with Crippen LogP contribution in [0.3, 0.4) is 0 Å². The van der Waals surface area contributed by atoms with Gasteiger partial charge in [0.1, 0.15) is 5.76 Å². The van der Waals surface area contributed by atoms with Crippen molar-refractivity contribution in [2.24, 2.45) is 0 Å². The summed E-state index contributed by atoms with van der Waals surface area (Å²) in [7, 11) is 0. The number of amides is 1. The second kappa shape index (κ2) is 7.40. The molecule has 0 fully saturated rings. The molecule has 3 aromatic rings. The Morgan fingerprint density at radius 1 is 1.40 bits per heavy atom. The monoisotopic (exact) mass is 377 g/mol. The Hall–Kier alpha value is -2.79. The van der Waals surface area contributed by atoms with Crippen LogP contribution >= 0.6 is 23.1 Å². The normalized spacial score (nSPS) is 10.6. The van der Waals surface area contributed by atoms with Crippen molar-refractivity contribution in [1.82, 2.24) is 15.4 Å². The van der Waals surface area contributed by atoms with Crippen molar-refractivity contribution in [3.63, 3.8) is 0 Å². The Morgan fingerprint density at radius 3 is 2.96 bits per heavy atom. The highest BCUT2D eigenvalue weighted by molar-refractivity contribution is 8.00. The maximum Gasteiger partial charge on any atom is 0.279 e. The summed E-state index contributed by atoms with van der Waals surface area (Å²) in [4.78, 5) is 22.3. The third-order valence-electron chi connectivity index (χ3n) is 2.97. The number of non-ortho nitro benzene ring substituents is 1. The lowest BCUT2D eigenvalue weighted by Crippen LogP contribution is -2.11. The van der Waals surface area contributed by atoms with Crippen LogP contribution in [0.15, 0.2) is 39.2 Å². The van der Waals surface area contributed by atoms with Gasteiger partial charge in [-0.25, -0.2) is 0 Å². The average molecular weight is 377 g/mol. The van der Waals surface area contributed by atoms with E-state index in [-0.39, 0.29) is 11.4 Å². The first kappa shape index (κ1) is 17.0. The van der Waals surface area contributed by atoms with Gasteiger partial charge in [0.2, 0.25) is 5.13 Å². The fraction of sp³-hybridized carbons (Fsp3) is 0.143. The number of aromatic nitrogens is 3. The van der Waals surface area contributed by atoms with E-state index in [1.54, 1.807) is 19.1 Å². The molecule has 0 saturated carbocycles. The molecule has 9 nitrogen and oxygen atoms in total. The van der Waals surface area contributed by atoms with E-state index in [1.807, 2.05) is 0 Å². The fourth-order valence-corrected chi connectivity index (χ4v) is 3.55. The molecule has 0 saturated heterocycles. The predicted octanol–water partition coefficient (Wildman–Crippen LogP) is 3.29. The quantitative estimate of drug-likeness (QED) is 0.300. The van der Waals surface area contributed by atoms with Gasteiger partial charge in [-0.1, -0.05) is 40.4 Å². The third-order valence-corrected chi connectivity index (χ3v) is 5.01. The van der Waals surface area contributed by atoms with E-state index in [1.165, 1.54) is 41.3 Å². The van der Waals surface area contributed by atoms with Gasteiger partial charge in [0.15, 0.2) is 10.0 Å². The van der Waals surface area contributed by atoms with Crippen LogP contribution in [-0.2, 0) is 5.75 Å². The van der Waals surface area contributed by atoms with Gasteiger partial charge in [0.25, 0.3) is 11.6 Å². The molecule has 1 N–H and O–H groups in total. The Morgan fingerprint density at radius 2 is 2.24 bits per heavy atom. The molecule has 2 aromatic heterocycles. The maximum atomic E-state index is 12.0. The van der Waals surface area contributed by atoms with Crippen LogP contribution in [0.2, 0.25) is 0 Å². The van der Waals surface area contributed by atoms with Crippen molar-refractivity contribution in [1.29, 1.82) is 0 Å². The standard InChI is InChI=1S/C14H11N5O4S2/c1-8-5-11(18-23-8)12(20)15-13-16-17-14(25-13)24-7-9-3-2-4-10(6-9)19(21)22/h2-6H,7H2,1H3,(H,15,16,20). The molecule has 1 aromatic carbocycles. The van der Waals surface area contributed by atoms with Gasteiger partial charge in [0, 0.05) is 24.0 Å². The summed E-state index contributed by atoms with van der Waals surface area (Å²) < 4.78 is 5.48. The number of rotatable bonds is 6. The molecule has 128 valence electrons. The lowest BCUT2D eigenvalue weighted by molar-refractivity contribution is -0.384. The zero-order valence-corrected chi connectivity index (χ0v) is 14.5. The van der Waals surface area contributed by atoms with Crippen LogP contribution < -0.4 is 5.32 Å². The first-order chi connectivity index (χ1) is 12.0. The summed E-state index contributed by atoms with van der Waals surface area (Å²) in [6, 6.07) is 7.92. The molecule has 0 aliphatic heterocycles. The number of nitro groups is 1. The highest BCUT2D eigenvalue weighted by atomic mass is 32.2. The Balaban J connectivity index is 1.59. The topological polar surface area (TPSA) is 124 Å². The van der Waals surface area contributed by atoms with Crippen LogP contribution in [0.1, 0.15) is 21.8 Å². The largest absolute Gasteiger partial charge is 0.361 e. The predicted molar refractivity (Wildman–Crippen MR) is 91.8 cm³/mol. The van der Waals surface area contributed by atoms with E-state index in [4.69, 9.17) is 4.52 Å². The highest BCUT2D eigenvalue weighted by Gasteiger charge is 2.14. The van der Waals surface area contributed by atoms with Gasteiger partial charge in [-0.3, -0.25) is 20.2 Å². The molecule has 0 aliphatic carbocycles. The first-order valence-electron chi connectivity index (χ1n) is 6.95. The minimum atomic E-state index is -0.432. The second-order valence-electron chi connectivity index (χ2n) is 4.87. The molecule has 11 heteroatoms. The summed E-state index contributed by atoms with van der Waals surface area (Å²) in [6.45, 7) is 1.69. The number of nitrogens with zero attached hydrogens (tertiary/aromatic N) is 4. The Labute approximate surface area is 149 Å². The minimum absolute atomic E-state index is 0.0474. The summed E-state index contributed by atoms with van der Waals surface area (Å²) in [5.74, 6) is 0.617. The van der Waals surface area contributed by atoms with Crippen LogP contribution in [0.25, 0.3) is 0 Å². The van der Waals surface area contributed by atoms with Crippen molar-refractivity contribution >= 4 is 39.8 Å². The summed E-state index contributed by atoms with van der Waals surface area (Å²) in [6.07, 6.45) is 0. The zero-order valence-electron chi connectivity index (χ0n) is 12.8. The molecule has 0 radical (unpaired) electrons. The second-order valence-corrected chi connectivity index (χ2v) is 7.07. The van der Waals surface area contributed by atoms with E-state index in [2.05, 4.69) is 20.7 Å². The van der Waals surface area contributed by atoms with Crippen molar-refractivity contribution in [2.75, 3.05) is 5.32 Å². The smallest absolute Gasteiger partial charge is 0.279 e. The van der Waals surface area contributed by atoms with Gasteiger partial charge < -0.3 is 4.52 Å². The van der Waals surface area contributed by atoms with Crippen LogP contribution in [0, 0.1) is 17.0 Å². The third kappa shape index (κ3) is 4.39. The maximum absolute atomic E-state index is 12.0. The highest BCUT2D eigenvalue weighted by Crippen LogP contribution is 2.29. The van der Waals surface area contributed by atoms with E-state index in [9.17, 15) is 14.9 Å². The van der Waals surface area contributed by atoms with Crippen LogP contribution in [0.5, 0.6) is 0 Å². The minimum Gasteiger partial charge on any atom is -0.361 e. The molecule has 0 unspecified atom stereocenters. The number of thioether (sulfide) groups is 1. The summed E-state index contributed by atoms with van der Waals surface area (Å²) >= 11 is 2.59. The summed E-state index contributed by atoms with van der Waals surface area (Å²) in [5, 5.41) is 25.2. The molecule has 25 heavy (non-hydrogen) atoms. The lowest BCUT2D eigenvalue weighted by atomic mass is 10.2. The molecule has 0 spiro atoms. The van der Waals surface area contributed by atoms with E-state index in [0.717, 1.165) is 5.56 Å².